The summed E-state index contributed by atoms with van der Waals surface area (Å²) < 4.78 is 26.5. The van der Waals surface area contributed by atoms with Crippen molar-refractivity contribution in [3.8, 4) is 0 Å². The van der Waals surface area contributed by atoms with E-state index in [1.807, 2.05) is 0 Å². The molecule has 3 rings (SSSR count). The maximum absolute atomic E-state index is 13.6. The lowest BCUT2D eigenvalue weighted by atomic mass is 10.0. The first-order valence-corrected chi connectivity index (χ1v) is 6.32. The van der Waals surface area contributed by atoms with Crippen LogP contribution in [0, 0.1) is 11.6 Å². The standard InChI is InChI=1S/C16H10F2N2O/c17-11-5-4-10(13(18)9-11)8-15(21)12-2-1-3-14-16(12)20-7-6-19-14/h1-7,9H,8H2. The number of para-hydroxylation sites is 1. The molecule has 2 aromatic carbocycles. The van der Waals surface area contributed by atoms with Crippen molar-refractivity contribution in [2.75, 3.05) is 0 Å². The fourth-order valence-corrected chi connectivity index (χ4v) is 2.15. The predicted octanol–water partition coefficient (Wildman–Crippen LogP) is 3.33. The van der Waals surface area contributed by atoms with Crippen LogP contribution in [0.1, 0.15) is 15.9 Å². The van der Waals surface area contributed by atoms with Gasteiger partial charge < -0.3 is 0 Å². The fourth-order valence-electron chi connectivity index (χ4n) is 2.15. The number of carbonyl (C=O) groups excluding carboxylic acids is 1. The van der Waals surface area contributed by atoms with Crippen LogP contribution < -0.4 is 0 Å². The molecule has 0 aliphatic heterocycles. The molecule has 21 heavy (non-hydrogen) atoms. The van der Waals surface area contributed by atoms with Gasteiger partial charge in [-0.15, -0.1) is 0 Å². The van der Waals surface area contributed by atoms with Gasteiger partial charge in [0.05, 0.1) is 11.0 Å². The maximum Gasteiger partial charge on any atom is 0.169 e. The van der Waals surface area contributed by atoms with Crippen LogP contribution in [0.3, 0.4) is 0 Å². The van der Waals surface area contributed by atoms with Crippen molar-refractivity contribution < 1.29 is 13.6 Å². The first-order chi connectivity index (χ1) is 10.1. The van der Waals surface area contributed by atoms with Gasteiger partial charge in [-0.3, -0.25) is 14.8 Å². The van der Waals surface area contributed by atoms with Crippen LogP contribution in [0.25, 0.3) is 11.0 Å². The second-order valence-electron chi connectivity index (χ2n) is 4.57. The summed E-state index contributed by atoms with van der Waals surface area (Å²) in [5.41, 5.74) is 1.61. The van der Waals surface area contributed by atoms with E-state index in [0.717, 1.165) is 12.1 Å². The van der Waals surface area contributed by atoms with E-state index in [1.165, 1.54) is 18.5 Å². The molecule has 0 N–H and O–H groups in total. The number of rotatable bonds is 3. The smallest absolute Gasteiger partial charge is 0.169 e. The van der Waals surface area contributed by atoms with Crippen LogP contribution in [0.2, 0.25) is 0 Å². The number of carbonyl (C=O) groups is 1. The summed E-state index contributed by atoms with van der Waals surface area (Å²) in [7, 11) is 0. The molecule has 0 aliphatic carbocycles. The Kier molecular flexibility index (Phi) is 3.39. The summed E-state index contributed by atoms with van der Waals surface area (Å²) in [6, 6.07) is 8.25. The topological polar surface area (TPSA) is 42.9 Å². The molecule has 0 atom stereocenters. The van der Waals surface area contributed by atoms with E-state index >= 15 is 0 Å². The van der Waals surface area contributed by atoms with E-state index in [0.29, 0.717) is 16.6 Å². The summed E-state index contributed by atoms with van der Waals surface area (Å²) in [6.07, 6.45) is 2.88. The highest BCUT2D eigenvalue weighted by atomic mass is 19.1. The zero-order chi connectivity index (χ0) is 14.8. The minimum atomic E-state index is -0.727. The lowest BCUT2D eigenvalue weighted by Crippen LogP contribution is -2.07. The van der Waals surface area contributed by atoms with Gasteiger partial charge in [0.25, 0.3) is 0 Å². The minimum Gasteiger partial charge on any atom is -0.294 e. The zero-order valence-corrected chi connectivity index (χ0v) is 10.9. The maximum atomic E-state index is 13.6. The van der Waals surface area contributed by atoms with E-state index in [4.69, 9.17) is 0 Å². The van der Waals surface area contributed by atoms with Crippen LogP contribution in [0.4, 0.5) is 8.78 Å². The average Bonchev–Trinajstić information content (AvgIpc) is 2.49. The largest absolute Gasteiger partial charge is 0.294 e. The van der Waals surface area contributed by atoms with Gasteiger partial charge in [-0.2, -0.15) is 0 Å². The molecule has 0 amide bonds. The summed E-state index contributed by atoms with van der Waals surface area (Å²) >= 11 is 0. The van der Waals surface area contributed by atoms with Gasteiger partial charge in [0.15, 0.2) is 5.78 Å². The van der Waals surface area contributed by atoms with Crippen LogP contribution in [-0.4, -0.2) is 15.8 Å². The molecule has 3 aromatic rings. The van der Waals surface area contributed by atoms with Crippen molar-refractivity contribution in [2.45, 2.75) is 6.42 Å². The summed E-state index contributed by atoms with van der Waals surface area (Å²) in [4.78, 5) is 20.6. The third kappa shape index (κ3) is 2.63. The summed E-state index contributed by atoms with van der Waals surface area (Å²) in [5, 5.41) is 0. The molecule has 5 heteroatoms. The molecule has 1 aromatic heterocycles. The molecule has 0 bridgehead atoms. The number of fused-ring (bicyclic) bond motifs is 1. The van der Waals surface area contributed by atoms with Crippen molar-refractivity contribution >= 4 is 16.8 Å². The molecule has 0 fully saturated rings. The van der Waals surface area contributed by atoms with E-state index in [1.54, 1.807) is 18.2 Å². The molecule has 1 heterocycles. The Morgan fingerprint density at radius 3 is 2.67 bits per heavy atom. The van der Waals surface area contributed by atoms with Crippen LogP contribution in [0.15, 0.2) is 48.8 Å². The average molecular weight is 284 g/mol. The second kappa shape index (κ2) is 5.36. The monoisotopic (exact) mass is 284 g/mol. The van der Waals surface area contributed by atoms with Crippen LogP contribution in [0.5, 0.6) is 0 Å². The Morgan fingerprint density at radius 1 is 1.05 bits per heavy atom. The quantitative estimate of drug-likeness (QED) is 0.693. The predicted molar refractivity (Wildman–Crippen MR) is 73.9 cm³/mol. The third-order valence-corrected chi connectivity index (χ3v) is 3.17. The van der Waals surface area contributed by atoms with Crippen LogP contribution >= 0.6 is 0 Å². The minimum absolute atomic E-state index is 0.151. The van der Waals surface area contributed by atoms with Crippen molar-refractivity contribution in [2.24, 2.45) is 0 Å². The Balaban J connectivity index is 1.97. The Hall–Kier alpha value is -2.69. The van der Waals surface area contributed by atoms with Gasteiger partial charge in [-0.05, 0) is 23.8 Å². The van der Waals surface area contributed by atoms with E-state index < -0.39 is 11.6 Å². The van der Waals surface area contributed by atoms with Gasteiger partial charge in [0.2, 0.25) is 0 Å². The molecule has 104 valence electrons. The van der Waals surface area contributed by atoms with Gasteiger partial charge in [0.1, 0.15) is 11.6 Å². The SMILES string of the molecule is O=C(Cc1ccc(F)cc1F)c1cccc2nccnc12. The molecule has 0 aliphatic rings. The lowest BCUT2D eigenvalue weighted by Gasteiger charge is -2.05. The molecule has 3 nitrogen and oxygen atoms in total. The molecule has 0 unspecified atom stereocenters. The molecule has 0 radical (unpaired) electrons. The number of ketones is 1. The van der Waals surface area contributed by atoms with Crippen LogP contribution in [-0.2, 0) is 6.42 Å². The van der Waals surface area contributed by atoms with E-state index in [-0.39, 0.29) is 17.8 Å². The highest BCUT2D eigenvalue weighted by Crippen LogP contribution is 2.18. The highest BCUT2D eigenvalue weighted by Gasteiger charge is 2.14. The Morgan fingerprint density at radius 2 is 1.86 bits per heavy atom. The highest BCUT2D eigenvalue weighted by molar-refractivity contribution is 6.06. The fraction of sp³-hybridized carbons (Fsp3) is 0.0625. The van der Waals surface area contributed by atoms with Crippen molar-refractivity contribution in [3.05, 3.63) is 71.6 Å². The molecule has 0 saturated carbocycles. The molecular weight excluding hydrogens is 274 g/mol. The van der Waals surface area contributed by atoms with Gasteiger partial charge in [0, 0.05) is 30.4 Å². The lowest BCUT2D eigenvalue weighted by molar-refractivity contribution is 0.0993. The second-order valence-corrected chi connectivity index (χ2v) is 4.57. The number of aromatic nitrogens is 2. The van der Waals surface area contributed by atoms with Crippen molar-refractivity contribution in [1.29, 1.82) is 0 Å². The first kappa shape index (κ1) is 13.3. The Labute approximate surface area is 119 Å². The third-order valence-electron chi connectivity index (χ3n) is 3.17. The Bertz CT molecular complexity index is 828. The van der Waals surface area contributed by atoms with Gasteiger partial charge in [-0.1, -0.05) is 12.1 Å². The van der Waals surface area contributed by atoms with E-state index in [9.17, 15) is 13.6 Å². The number of hydrogen-bond acceptors (Lipinski definition) is 3. The number of benzene rings is 2. The van der Waals surface area contributed by atoms with Gasteiger partial charge in [-0.25, -0.2) is 8.78 Å². The summed E-state index contributed by atoms with van der Waals surface area (Å²) in [6.45, 7) is 0. The molecule has 0 spiro atoms. The van der Waals surface area contributed by atoms with Crippen molar-refractivity contribution in [3.63, 3.8) is 0 Å². The molecule has 0 saturated heterocycles. The zero-order valence-electron chi connectivity index (χ0n) is 10.9. The molecular formula is C16H10F2N2O. The normalized spacial score (nSPS) is 10.8. The number of halogens is 2. The van der Waals surface area contributed by atoms with Crippen molar-refractivity contribution in [1.82, 2.24) is 9.97 Å². The van der Waals surface area contributed by atoms with Gasteiger partial charge >= 0.3 is 0 Å². The van der Waals surface area contributed by atoms with E-state index in [2.05, 4.69) is 9.97 Å². The summed E-state index contributed by atoms with van der Waals surface area (Å²) in [5.74, 6) is -1.68. The first-order valence-electron chi connectivity index (χ1n) is 6.32. The number of nitrogens with zero attached hydrogens (tertiary/aromatic N) is 2. The number of Topliss-reactive ketones (excluding diaryl/α,β-unsaturated/α-hetero) is 1. The number of hydrogen-bond donors (Lipinski definition) is 0.